The van der Waals surface area contributed by atoms with Gasteiger partial charge < -0.3 is 4.57 Å². The Morgan fingerprint density at radius 1 is 0.750 bits per heavy atom. The van der Waals surface area contributed by atoms with Crippen molar-refractivity contribution in [1.82, 2.24) is 4.57 Å². The van der Waals surface area contributed by atoms with E-state index >= 15 is 0 Å². The first-order valence-corrected chi connectivity index (χ1v) is 11.0. The van der Waals surface area contributed by atoms with Gasteiger partial charge in [-0.25, -0.2) is 0 Å². The number of hydrogen-bond donors (Lipinski definition) is 0. The summed E-state index contributed by atoms with van der Waals surface area (Å²) in [6, 6.07) is 27.8. The lowest BCUT2D eigenvalue weighted by atomic mass is 10.1. The average Bonchev–Trinajstić information content (AvgIpc) is 3.22. The van der Waals surface area contributed by atoms with E-state index in [-0.39, 0.29) is 0 Å². The summed E-state index contributed by atoms with van der Waals surface area (Å²) in [5.74, 6) is 0. The lowest BCUT2D eigenvalue weighted by molar-refractivity contribution is 1.18. The van der Waals surface area contributed by atoms with Crippen molar-refractivity contribution in [2.75, 3.05) is 0 Å². The number of benzene rings is 4. The van der Waals surface area contributed by atoms with Crippen LogP contribution >= 0.6 is 38.9 Å². The molecule has 0 aliphatic rings. The minimum atomic E-state index is 0.721. The number of aromatic nitrogens is 1. The van der Waals surface area contributed by atoms with Crippen molar-refractivity contribution >= 4 is 80.8 Å². The van der Waals surface area contributed by atoms with E-state index in [1.807, 2.05) is 23.5 Å². The lowest BCUT2D eigenvalue weighted by Crippen LogP contribution is -1.93. The van der Waals surface area contributed by atoms with Gasteiger partial charge in [-0.1, -0.05) is 70.0 Å². The number of thiophene rings is 1. The standard InChI is InChI=1S/C24H13BrClNS/c25-14-11-15(26)13-16(12-14)27-20-7-3-1-6-19(20)23-21(27)10-9-18-17-5-2-4-8-22(17)28-24(18)23/h1-13H. The molecule has 0 amide bonds. The first-order valence-electron chi connectivity index (χ1n) is 9.00. The maximum atomic E-state index is 6.38. The number of para-hydroxylation sites is 1. The topological polar surface area (TPSA) is 4.93 Å². The van der Waals surface area contributed by atoms with Gasteiger partial charge in [0.15, 0.2) is 0 Å². The van der Waals surface area contributed by atoms with Crippen molar-refractivity contribution in [2.45, 2.75) is 0 Å². The van der Waals surface area contributed by atoms with Crippen molar-refractivity contribution in [2.24, 2.45) is 0 Å². The second kappa shape index (κ2) is 6.08. The molecule has 1 nitrogen and oxygen atoms in total. The van der Waals surface area contributed by atoms with Gasteiger partial charge in [0.1, 0.15) is 0 Å². The summed E-state index contributed by atoms with van der Waals surface area (Å²) in [7, 11) is 0. The van der Waals surface area contributed by atoms with Crippen molar-refractivity contribution in [3.05, 3.63) is 88.4 Å². The fraction of sp³-hybridized carbons (Fsp3) is 0. The number of rotatable bonds is 1. The summed E-state index contributed by atoms with van der Waals surface area (Å²) < 4.78 is 5.96. The van der Waals surface area contributed by atoms with Gasteiger partial charge in [0.25, 0.3) is 0 Å². The normalized spacial score (nSPS) is 11.9. The summed E-state index contributed by atoms with van der Waals surface area (Å²) in [6.07, 6.45) is 0. The molecule has 0 unspecified atom stereocenters. The van der Waals surface area contributed by atoms with Crippen molar-refractivity contribution in [1.29, 1.82) is 0 Å². The Morgan fingerprint density at radius 3 is 2.39 bits per heavy atom. The van der Waals surface area contributed by atoms with Crippen LogP contribution in [0.3, 0.4) is 0 Å². The third-order valence-electron chi connectivity index (χ3n) is 5.29. The smallest absolute Gasteiger partial charge is 0.0555 e. The van der Waals surface area contributed by atoms with E-state index in [2.05, 4.69) is 87.2 Å². The highest BCUT2D eigenvalue weighted by atomic mass is 79.9. The molecule has 0 aliphatic carbocycles. The molecule has 4 heteroatoms. The van der Waals surface area contributed by atoms with E-state index in [0.717, 1.165) is 15.2 Å². The first kappa shape index (κ1) is 16.6. The van der Waals surface area contributed by atoms with E-state index in [1.54, 1.807) is 0 Å². The molecule has 0 atom stereocenters. The molecule has 0 bridgehead atoms. The van der Waals surface area contributed by atoms with E-state index < -0.39 is 0 Å². The van der Waals surface area contributed by atoms with Gasteiger partial charge in [-0.3, -0.25) is 0 Å². The van der Waals surface area contributed by atoms with Crippen LogP contribution in [0.15, 0.2) is 83.3 Å². The van der Waals surface area contributed by atoms with Gasteiger partial charge in [0.05, 0.1) is 11.0 Å². The summed E-state index contributed by atoms with van der Waals surface area (Å²) >= 11 is 11.8. The highest BCUT2D eigenvalue weighted by Crippen LogP contribution is 2.43. The Kier molecular flexibility index (Phi) is 3.61. The van der Waals surface area contributed by atoms with E-state index in [9.17, 15) is 0 Å². The predicted molar refractivity (Wildman–Crippen MR) is 126 cm³/mol. The molecule has 6 aromatic rings. The predicted octanol–water partition coefficient (Wildman–Crippen LogP) is 8.57. The van der Waals surface area contributed by atoms with Crippen molar-refractivity contribution in [3.63, 3.8) is 0 Å². The fourth-order valence-corrected chi connectivity index (χ4v) is 6.28. The minimum Gasteiger partial charge on any atom is -0.309 e. The van der Waals surface area contributed by atoms with E-state index in [4.69, 9.17) is 11.6 Å². The van der Waals surface area contributed by atoms with Crippen LogP contribution in [0.1, 0.15) is 0 Å². The molecule has 0 N–H and O–H groups in total. The maximum absolute atomic E-state index is 6.38. The third-order valence-corrected chi connectivity index (χ3v) is 7.17. The van der Waals surface area contributed by atoms with Crippen molar-refractivity contribution < 1.29 is 0 Å². The highest BCUT2D eigenvalue weighted by Gasteiger charge is 2.17. The molecule has 0 spiro atoms. The Hall–Kier alpha value is -2.33. The van der Waals surface area contributed by atoms with E-state index in [0.29, 0.717) is 0 Å². The van der Waals surface area contributed by atoms with Crippen LogP contribution in [0, 0.1) is 0 Å². The van der Waals surface area contributed by atoms with Crippen LogP contribution in [0.5, 0.6) is 0 Å². The maximum Gasteiger partial charge on any atom is 0.0555 e. The molecule has 4 aromatic carbocycles. The molecule has 2 aromatic heterocycles. The molecule has 6 rings (SSSR count). The Bertz CT molecular complexity index is 1520. The van der Waals surface area contributed by atoms with E-state index in [1.165, 1.54) is 42.0 Å². The molecule has 134 valence electrons. The molecule has 0 fully saturated rings. The van der Waals surface area contributed by atoms with Gasteiger partial charge in [-0.05, 0) is 36.4 Å². The number of halogens is 2. The molecular weight excluding hydrogens is 450 g/mol. The van der Waals surface area contributed by atoms with Gasteiger partial charge in [-0.15, -0.1) is 11.3 Å². The summed E-state index contributed by atoms with van der Waals surface area (Å²) in [4.78, 5) is 0. The summed E-state index contributed by atoms with van der Waals surface area (Å²) in [5, 5.41) is 5.95. The molecule has 2 heterocycles. The fourth-order valence-electron chi connectivity index (χ4n) is 4.18. The largest absolute Gasteiger partial charge is 0.309 e. The Morgan fingerprint density at radius 2 is 1.54 bits per heavy atom. The Labute approximate surface area is 178 Å². The third kappa shape index (κ3) is 2.30. The highest BCUT2D eigenvalue weighted by molar-refractivity contribution is 9.10. The molecule has 0 radical (unpaired) electrons. The Balaban J connectivity index is 1.85. The quantitative estimate of drug-likeness (QED) is 0.230. The zero-order valence-corrected chi connectivity index (χ0v) is 17.8. The van der Waals surface area contributed by atoms with Crippen LogP contribution in [0.2, 0.25) is 5.02 Å². The number of hydrogen-bond acceptors (Lipinski definition) is 1. The zero-order chi connectivity index (χ0) is 18.8. The van der Waals surface area contributed by atoms with Crippen LogP contribution < -0.4 is 0 Å². The molecular formula is C24H13BrClNS. The van der Waals surface area contributed by atoms with Crippen LogP contribution in [-0.4, -0.2) is 4.57 Å². The molecule has 0 saturated heterocycles. The van der Waals surface area contributed by atoms with Gasteiger partial charge in [0, 0.05) is 46.1 Å². The minimum absolute atomic E-state index is 0.721. The number of fused-ring (bicyclic) bond motifs is 7. The second-order valence-electron chi connectivity index (χ2n) is 6.91. The zero-order valence-electron chi connectivity index (χ0n) is 14.6. The second-order valence-corrected chi connectivity index (χ2v) is 9.32. The van der Waals surface area contributed by atoms with Crippen molar-refractivity contribution in [3.8, 4) is 5.69 Å². The summed E-state index contributed by atoms with van der Waals surface area (Å²) in [5.41, 5.74) is 3.46. The number of nitrogens with zero attached hydrogens (tertiary/aromatic N) is 1. The van der Waals surface area contributed by atoms with Crippen LogP contribution in [0.25, 0.3) is 47.7 Å². The summed E-state index contributed by atoms with van der Waals surface area (Å²) in [6.45, 7) is 0. The van der Waals surface area contributed by atoms with Gasteiger partial charge in [0.2, 0.25) is 0 Å². The average molecular weight is 463 g/mol. The lowest BCUT2D eigenvalue weighted by Gasteiger charge is -2.09. The molecule has 28 heavy (non-hydrogen) atoms. The monoisotopic (exact) mass is 461 g/mol. The molecule has 0 saturated carbocycles. The van der Waals surface area contributed by atoms with Crippen LogP contribution in [0.4, 0.5) is 0 Å². The first-order chi connectivity index (χ1) is 13.7. The van der Waals surface area contributed by atoms with Gasteiger partial charge >= 0.3 is 0 Å². The van der Waals surface area contributed by atoms with Crippen LogP contribution in [-0.2, 0) is 0 Å². The molecule has 0 aliphatic heterocycles. The SMILES string of the molecule is Clc1cc(Br)cc(-n2c3ccccc3c3c4sc5ccccc5c4ccc32)c1. The van der Waals surface area contributed by atoms with Gasteiger partial charge in [-0.2, -0.15) is 0 Å².